The summed E-state index contributed by atoms with van der Waals surface area (Å²) in [4.78, 5) is 5.26. The van der Waals surface area contributed by atoms with Crippen molar-refractivity contribution in [2.24, 2.45) is 0 Å². The molecule has 0 aliphatic heterocycles. The van der Waals surface area contributed by atoms with E-state index in [1.807, 2.05) is 20.3 Å². The Morgan fingerprint density at radius 3 is 2.50 bits per heavy atom. The predicted molar refractivity (Wildman–Crippen MR) is 81.8 cm³/mol. The van der Waals surface area contributed by atoms with E-state index >= 15 is 0 Å². The lowest BCUT2D eigenvalue weighted by Gasteiger charge is -2.12. The highest BCUT2D eigenvalue weighted by molar-refractivity contribution is 5.83. The first-order valence-electron chi connectivity index (χ1n) is 6.65. The van der Waals surface area contributed by atoms with Crippen LogP contribution in [0.1, 0.15) is 11.1 Å². The van der Waals surface area contributed by atoms with E-state index in [1.165, 1.54) is 17.3 Å². The Bertz CT molecular complexity index is 726. The second kappa shape index (κ2) is 5.00. The lowest BCUT2D eigenvalue weighted by molar-refractivity contribution is 0.629. The van der Waals surface area contributed by atoms with Gasteiger partial charge in [-0.3, -0.25) is 0 Å². The fourth-order valence-electron chi connectivity index (χ4n) is 2.43. The predicted octanol–water partition coefficient (Wildman–Crippen LogP) is 3.96. The van der Waals surface area contributed by atoms with E-state index in [1.54, 1.807) is 12.1 Å². The quantitative estimate of drug-likeness (QED) is 0.761. The minimum absolute atomic E-state index is 0.193. The molecular formula is C17H17FN2. The molecule has 0 atom stereocenters. The van der Waals surface area contributed by atoms with Crippen molar-refractivity contribution in [1.29, 1.82) is 0 Å². The van der Waals surface area contributed by atoms with Crippen molar-refractivity contribution in [3.05, 3.63) is 65.6 Å². The summed E-state index contributed by atoms with van der Waals surface area (Å²) in [6.07, 6.45) is 2.77. The Morgan fingerprint density at radius 1 is 1.05 bits per heavy atom. The van der Waals surface area contributed by atoms with Crippen LogP contribution in [0.3, 0.4) is 0 Å². The Kier molecular flexibility index (Phi) is 3.18. The van der Waals surface area contributed by atoms with Crippen molar-refractivity contribution < 1.29 is 4.39 Å². The molecule has 1 N–H and O–H groups in total. The smallest absolute Gasteiger partial charge is 0.123 e. The van der Waals surface area contributed by atoms with Gasteiger partial charge in [0.25, 0.3) is 0 Å². The zero-order chi connectivity index (χ0) is 14.1. The Morgan fingerprint density at radius 2 is 1.80 bits per heavy atom. The number of hydrogen-bond donors (Lipinski definition) is 1. The molecule has 20 heavy (non-hydrogen) atoms. The lowest BCUT2D eigenvalue weighted by atomic mass is 10.0. The minimum Gasteiger partial charge on any atom is -0.378 e. The normalized spacial score (nSPS) is 10.9. The highest BCUT2D eigenvalue weighted by Gasteiger charge is 2.06. The zero-order valence-electron chi connectivity index (χ0n) is 11.7. The first-order valence-corrected chi connectivity index (χ1v) is 6.65. The maximum absolute atomic E-state index is 13.4. The van der Waals surface area contributed by atoms with Gasteiger partial charge in [-0.2, -0.15) is 0 Å². The molecule has 0 saturated carbocycles. The summed E-state index contributed by atoms with van der Waals surface area (Å²) in [6.45, 7) is 0. The van der Waals surface area contributed by atoms with Crippen LogP contribution in [0.5, 0.6) is 0 Å². The summed E-state index contributed by atoms with van der Waals surface area (Å²) in [5, 5.41) is 0.960. The molecule has 0 amide bonds. The molecule has 0 aliphatic carbocycles. The first kappa shape index (κ1) is 12.7. The molecule has 3 heteroatoms. The van der Waals surface area contributed by atoms with Crippen LogP contribution in [0.25, 0.3) is 10.9 Å². The van der Waals surface area contributed by atoms with E-state index in [0.717, 1.165) is 22.9 Å². The second-order valence-corrected chi connectivity index (χ2v) is 5.24. The molecule has 0 unspecified atom stereocenters. The van der Waals surface area contributed by atoms with Crippen molar-refractivity contribution in [3.8, 4) is 0 Å². The van der Waals surface area contributed by atoms with Gasteiger partial charge in [0.15, 0.2) is 0 Å². The molecule has 0 fully saturated rings. The third kappa shape index (κ3) is 2.39. The van der Waals surface area contributed by atoms with Gasteiger partial charge in [-0.05, 0) is 47.9 Å². The topological polar surface area (TPSA) is 19.0 Å². The van der Waals surface area contributed by atoms with Crippen molar-refractivity contribution in [2.75, 3.05) is 19.0 Å². The van der Waals surface area contributed by atoms with Crippen LogP contribution >= 0.6 is 0 Å². The summed E-state index contributed by atoms with van der Waals surface area (Å²) in [5.74, 6) is -0.193. The van der Waals surface area contributed by atoms with Crippen LogP contribution < -0.4 is 4.90 Å². The third-order valence-electron chi connectivity index (χ3n) is 3.58. The van der Waals surface area contributed by atoms with E-state index < -0.39 is 0 Å². The second-order valence-electron chi connectivity index (χ2n) is 5.24. The number of nitrogens with one attached hydrogen (secondary N) is 1. The van der Waals surface area contributed by atoms with Crippen LogP contribution in [0.4, 0.5) is 10.1 Å². The largest absolute Gasteiger partial charge is 0.378 e. The average molecular weight is 268 g/mol. The van der Waals surface area contributed by atoms with Gasteiger partial charge in [0, 0.05) is 36.9 Å². The molecule has 1 heterocycles. The van der Waals surface area contributed by atoms with Gasteiger partial charge in [0.1, 0.15) is 5.82 Å². The van der Waals surface area contributed by atoms with E-state index in [0.29, 0.717) is 0 Å². The maximum Gasteiger partial charge on any atom is 0.123 e. The molecule has 102 valence electrons. The number of H-pyrrole nitrogens is 1. The molecule has 0 spiro atoms. The van der Waals surface area contributed by atoms with Crippen LogP contribution in [-0.4, -0.2) is 19.1 Å². The van der Waals surface area contributed by atoms with Gasteiger partial charge in [-0.25, -0.2) is 4.39 Å². The van der Waals surface area contributed by atoms with Crippen molar-refractivity contribution in [1.82, 2.24) is 4.98 Å². The first-order chi connectivity index (χ1) is 9.63. The van der Waals surface area contributed by atoms with Crippen molar-refractivity contribution in [2.45, 2.75) is 6.42 Å². The number of rotatable bonds is 3. The van der Waals surface area contributed by atoms with E-state index in [9.17, 15) is 4.39 Å². The summed E-state index contributed by atoms with van der Waals surface area (Å²) >= 11 is 0. The number of halogens is 1. The average Bonchev–Trinajstić information content (AvgIpc) is 2.82. The Hall–Kier alpha value is -2.29. The summed E-state index contributed by atoms with van der Waals surface area (Å²) in [7, 11) is 4.05. The highest BCUT2D eigenvalue weighted by Crippen LogP contribution is 2.23. The number of nitrogens with zero attached hydrogens (tertiary/aromatic N) is 1. The van der Waals surface area contributed by atoms with Crippen LogP contribution in [0.15, 0.2) is 48.7 Å². The number of aromatic amines is 1. The standard InChI is InChI=1S/C17H17FN2/c1-20(2)15-6-3-12(4-7-15)9-13-11-19-17-8-5-14(18)10-16(13)17/h3-8,10-11,19H,9H2,1-2H3. The minimum atomic E-state index is -0.193. The molecule has 0 aliphatic rings. The molecule has 0 bridgehead atoms. The fourth-order valence-corrected chi connectivity index (χ4v) is 2.43. The summed E-state index contributed by atoms with van der Waals surface area (Å²) in [6, 6.07) is 13.3. The maximum atomic E-state index is 13.4. The SMILES string of the molecule is CN(C)c1ccc(Cc2c[nH]c3ccc(F)cc23)cc1. The number of anilines is 1. The van der Waals surface area contributed by atoms with Crippen molar-refractivity contribution in [3.63, 3.8) is 0 Å². The molecule has 3 rings (SSSR count). The molecule has 2 aromatic carbocycles. The Labute approximate surface area is 117 Å². The van der Waals surface area contributed by atoms with E-state index in [-0.39, 0.29) is 5.82 Å². The van der Waals surface area contributed by atoms with Gasteiger partial charge < -0.3 is 9.88 Å². The van der Waals surface area contributed by atoms with E-state index in [4.69, 9.17) is 0 Å². The third-order valence-corrected chi connectivity index (χ3v) is 3.58. The molecule has 0 radical (unpaired) electrons. The van der Waals surface area contributed by atoms with Gasteiger partial charge >= 0.3 is 0 Å². The molecule has 2 nitrogen and oxygen atoms in total. The number of fused-ring (bicyclic) bond motifs is 1. The van der Waals surface area contributed by atoms with Crippen LogP contribution in [0.2, 0.25) is 0 Å². The van der Waals surface area contributed by atoms with Crippen molar-refractivity contribution >= 4 is 16.6 Å². The fraction of sp³-hybridized carbons (Fsp3) is 0.176. The molecule has 1 aromatic heterocycles. The number of hydrogen-bond acceptors (Lipinski definition) is 1. The summed E-state index contributed by atoms with van der Waals surface area (Å²) < 4.78 is 13.4. The number of benzene rings is 2. The molecule has 0 saturated heterocycles. The van der Waals surface area contributed by atoms with Gasteiger partial charge in [-0.15, -0.1) is 0 Å². The summed E-state index contributed by atoms with van der Waals surface area (Å²) in [5.41, 5.74) is 4.50. The monoisotopic (exact) mass is 268 g/mol. The van der Waals surface area contributed by atoms with Gasteiger partial charge in [0.2, 0.25) is 0 Å². The van der Waals surface area contributed by atoms with Crippen LogP contribution in [0, 0.1) is 5.82 Å². The van der Waals surface area contributed by atoms with Gasteiger partial charge in [-0.1, -0.05) is 12.1 Å². The highest BCUT2D eigenvalue weighted by atomic mass is 19.1. The van der Waals surface area contributed by atoms with E-state index in [2.05, 4.69) is 34.1 Å². The zero-order valence-corrected chi connectivity index (χ0v) is 11.7. The Balaban J connectivity index is 1.91. The lowest BCUT2D eigenvalue weighted by Crippen LogP contribution is -2.08. The molecular weight excluding hydrogens is 251 g/mol. The van der Waals surface area contributed by atoms with Gasteiger partial charge in [0.05, 0.1) is 0 Å². The molecule has 3 aromatic rings. The van der Waals surface area contributed by atoms with Crippen LogP contribution in [-0.2, 0) is 6.42 Å². The number of aromatic nitrogens is 1.